The van der Waals surface area contributed by atoms with E-state index in [0.29, 0.717) is 6.54 Å². The van der Waals surface area contributed by atoms with E-state index in [9.17, 15) is 4.79 Å². The zero-order chi connectivity index (χ0) is 17.1. The van der Waals surface area contributed by atoms with Gasteiger partial charge in [-0.3, -0.25) is 4.79 Å². The molecule has 1 amide bonds. The molecule has 1 N–H and O–H groups in total. The molecule has 3 rings (SSSR count). The highest BCUT2D eigenvalue weighted by Crippen LogP contribution is 2.19. The summed E-state index contributed by atoms with van der Waals surface area (Å²) in [7, 11) is 0. The Balaban J connectivity index is 1.92. The van der Waals surface area contributed by atoms with Crippen LogP contribution < -0.4 is 5.32 Å². The van der Waals surface area contributed by atoms with Gasteiger partial charge in [-0.05, 0) is 29.8 Å². The highest BCUT2D eigenvalue weighted by Gasteiger charge is 2.13. The lowest BCUT2D eigenvalue weighted by molar-refractivity contribution is -0.124. The van der Waals surface area contributed by atoms with E-state index in [4.69, 9.17) is 4.98 Å². The molecule has 0 aliphatic carbocycles. The van der Waals surface area contributed by atoms with Gasteiger partial charge in [-0.15, -0.1) is 0 Å². The summed E-state index contributed by atoms with van der Waals surface area (Å²) in [5.74, 6) is 0.875. The number of nitrogens with one attached hydrogen (secondary N) is 1. The largest absolute Gasteiger partial charge is 0.349 e. The van der Waals surface area contributed by atoms with Gasteiger partial charge in [0.25, 0.3) is 0 Å². The van der Waals surface area contributed by atoms with Crippen molar-refractivity contribution in [1.82, 2.24) is 14.9 Å². The standard InChI is InChI=1S/C19H20BrN3O/c1-13(2)19(24)21-11-18-22-16-5-3-4-6-17(16)23(18)12-14-7-9-15(20)10-8-14/h3-10,13H,11-12H2,1-2H3,(H,21,24). The molecule has 1 aromatic heterocycles. The van der Waals surface area contributed by atoms with E-state index >= 15 is 0 Å². The van der Waals surface area contributed by atoms with Gasteiger partial charge in [-0.2, -0.15) is 0 Å². The highest BCUT2D eigenvalue weighted by atomic mass is 79.9. The Bertz CT molecular complexity index is 853. The Morgan fingerprint density at radius 2 is 1.88 bits per heavy atom. The molecule has 0 saturated heterocycles. The average molecular weight is 386 g/mol. The van der Waals surface area contributed by atoms with Crippen LogP contribution in [0.2, 0.25) is 0 Å². The highest BCUT2D eigenvalue weighted by molar-refractivity contribution is 9.10. The number of rotatable bonds is 5. The molecule has 24 heavy (non-hydrogen) atoms. The van der Waals surface area contributed by atoms with E-state index < -0.39 is 0 Å². The molecule has 0 atom stereocenters. The number of nitrogens with zero attached hydrogens (tertiary/aromatic N) is 2. The van der Waals surface area contributed by atoms with Crippen LogP contribution in [0.1, 0.15) is 25.2 Å². The summed E-state index contributed by atoms with van der Waals surface area (Å²) in [6, 6.07) is 16.3. The zero-order valence-corrected chi connectivity index (χ0v) is 15.4. The summed E-state index contributed by atoms with van der Waals surface area (Å²) in [5.41, 5.74) is 3.22. The number of imidazole rings is 1. The molecule has 0 saturated carbocycles. The van der Waals surface area contributed by atoms with Crippen LogP contribution in [0.25, 0.3) is 11.0 Å². The molecule has 4 nitrogen and oxygen atoms in total. The molecule has 0 bridgehead atoms. The van der Waals surface area contributed by atoms with Crippen LogP contribution in [0.3, 0.4) is 0 Å². The molecule has 0 radical (unpaired) electrons. The lowest BCUT2D eigenvalue weighted by atomic mass is 10.2. The first kappa shape index (κ1) is 16.7. The van der Waals surface area contributed by atoms with Crippen molar-refractivity contribution in [3.05, 3.63) is 64.4 Å². The molecule has 0 aliphatic heterocycles. The van der Waals surface area contributed by atoms with Crippen LogP contribution in [-0.2, 0) is 17.9 Å². The molecule has 0 spiro atoms. The SMILES string of the molecule is CC(C)C(=O)NCc1nc2ccccc2n1Cc1ccc(Br)cc1. The van der Waals surface area contributed by atoms with E-state index in [1.165, 1.54) is 5.56 Å². The van der Waals surface area contributed by atoms with Crippen molar-refractivity contribution >= 4 is 32.9 Å². The van der Waals surface area contributed by atoms with Gasteiger partial charge >= 0.3 is 0 Å². The van der Waals surface area contributed by atoms with Gasteiger partial charge in [0, 0.05) is 16.9 Å². The van der Waals surface area contributed by atoms with Crippen LogP contribution in [-0.4, -0.2) is 15.5 Å². The fraction of sp³-hybridized carbons (Fsp3) is 0.263. The third-order valence-corrected chi connectivity index (χ3v) is 4.46. The number of halogens is 1. The van der Waals surface area contributed by atoms with Gasteiger partial charge in [0.05, 0.1) is 17.6 Å². The van der Waals surface area contributed by atoms with Crippen molar-refractivity contribution in [3.63, 3.8) is 0 Å². The second-order valence-corrected chi connectivity index (χ2v) is 7.02. The minimum atomic E-state index is -0.0331. The first-order valence-electron chi connectivity index (χ1n) is 8.01. The second kappa shape index (κ2) is 7.18. The Morgan fingerprint density at radius 1 is 1.17 bits per heavy atom. The van der Waals surface area contributed by atoms with Crippen LogP contribution in [0.5, 0.6) is 0 Å². The fourth-order valence-corrected chi connectivity index (χ4v) is 2.84. The smallest absolute Gasteiger partial charge is 0.222 e. The molecule has 0 unspecified atom stereocenters. The third-order valence-electron chi connectivity index (χ3n) is 3.93. The molecule has 124 valence electrons. The number of carbonyl (C=O) groups is 1. The number of carbonyl (C=O) groups excluding carboxylic acids is 1. The summed E-state index contributed by atoms with van der Waals surface area (Å²) in [6.45, 7) is 4.93. The van der Waals surface area contributed by atoms with Gasteiger partial charge in [0.1, 0.15) is 5.82 Å². The monoisotopic (exact) mass is 385 g/mol. The normalized spacial score (nSPS) is 11.2. The molecule has 0 aliphatic rings. The number of amides is 1. The van der Waals surface area contributed by atoms with Crippen LogP contribution in [0.4, 0.5) is 0 Å². The number of para-hydroxylation sites is 2. The topological polar surface area (TPSA) is 46.9 Å². The fourth-order valence-electron chi connectivity index (χ4n) is 2.58. The number of hydrogen-bond donors (Lipinski definition) is 1. The van der Waals surface area contributed by atoms with Gasteiger partial charge in [-0.1, -0.05) is 54.0 Å². The van der Waals surface area contributed by atoms with E-state index in [1.54, 1.807) is 0 Å². The number of benzene rings is 2. The number of aromatic nitrogens is 2. The zero-order valence-electron chi connectivity index (χ0n) is 13.8. The van der Waals surface area contributed by atoms with Crippen molar-refractivity contribution in [2.45, 2.75) is 26.9 Å². The average Bonchev–Trinajstić information content (AvgIpc) is 2.92. The maximum atomic E-state index is 11.9. The third kappa shape index (κ3) is 3.67. The van der Waals surface area contributed by atoms with E-state index in [-0.39, 0.29) is 11.8 Å². The summed E-state index contributed by atoms with van der Waals surface area (Å²) in [5, 5.41) is 2.96. The Kier molecular flexibility index (Phi) is 5.00. The molecule has 5 heteroatoms. The Hall–Kier alpha value is -2.14. The summed E-state index contributed by atoms with van der Waals surface area (Å²) >= 11 is 3.47. The lowest BCUT2D eigenvalue weighted by Crippen LogP contribution is -2.28. The summed E-state index contributed by atoms with van der Waals surface area (Å²) in [6.07, 6.45) is 0. The van der Waals surface area contributed by atoms with Crippen molar-refractivity contribution < 1.29 is 4.79 Å². The first-order valence-corrected chi connectivity index (χ1v) is 8.80. The summed E-state index contributed by atoms with van der Waals surface area (Å²) < 4.78 is 3.23. The summed E-state index contributed by atoms with van der Waals surface area (Å²) in [4.78, 5) is 16.6. The predicted octanol–water partition coefficient (Wildman–Crippen LogP) is 4.12. The molecular formula is C19H20BrN3O. The quantitative estimate of drug-likeness (QED) is 0.717. The van der Waals surface area contributed by atoms with Crippen molar-refractivity contribution in [1.29, 1.82) is 0 Å². The van der Waals surface area contributed by atoms with Gasteiger partial charge < -0.3 is 9.88 Å². The predicted molar refractivity (Wildman–Crippen MR) is 99.7 cm³/mol. The van der Waals surface area contributed by atoms with Crippen molar-refractivity contribution in [2.75, 3.05) is 0 Å². The lowest BCUT2D eigenvalue weighted by Gasteiger charge is -2.11. The first-order chi connectivity index (χ1) is 11.5. The van der Waals surface area contributed by atoms with E-state index in [0.717, 1.165) is 27.9 Å². The molecule has 3 aromatic rings. The maximum Gasteiger partial charge on any atom is 0.222 e. The molecule has 1 heterocycles. The van der Waals surface area contributed by atoms with Gasteiger partial charge in [0.2, 0.25) is 5.91 Å². The van der Waals surface area contributed by atoms with Gasteiger partial charge in [0.15, 0.2) is 0 Å². The Morgan fingerprint density at radius 3 is 2.58 bits per heavy atom. The van der Waals surface area contributed by atoms with E-state index in [2.05, 4.69) is 44.0 Å². The molecular weight excluding hydrogens is 366 g/mol. The van der Waals surface area contributed by atoms with Gasteiger partial charge in [-0.25, -0.2) is 4.98 Å². The molecule has 0 fully saturated rings. The van der Waals surface area contributed by atoms with Crippen molar-refractivity contribution in [3.8, 4) is 0 Å². The molecule has 2 aromatic carbocycles. The minimum absolute atomic E-state index is 0.0331. The van der Waals surface area contributed by atoms with Crippen LogP contribution >= 0.6 is 15.9 Å². The van der Waals surface area contributed by atoms with Crippen molar-refractivity contribution in [2.24, 2.45) is 5.92 Å². The minimum Gasteiger partial charge on any atom is -0.349 e. The van der Waals surface area contributed by atoms with Crippen LogP contribution in [0, 0.1) is 5.92 Å². The maximum absolute atomic E-state index is 11.9. The number of fused-ring (bicyclic) bond motifs is 1. The number of hydrogen-bond acceptors (Lipinski definition) is 2. The van der Waals surface area contributed by atoms with Crippen LogP contribution in [0.15, 0.2) is 53.0 Å². The Labute approximate surface area is 150 Å². The second-order valence-electron chi connectivity index (χ2n) is 6.10. The van der Waals surface area contributed by atoms with E-state index in [1.807, 2.05) is 44.2 Å².